The van der Waals surface area contributed by atoms with Crippen LogP contribution in [0.5, 0.6) is 11.5 Å². The molecule has 0 saturated carbocycles. The molecule has 2 aromatic carbocycles. The number of amides is 1. The summed E-state index contributed by atoms with van der Waals surface area (Å²) in [5.74, 6) is 0.767. The minimum Gasteiger partial charge on any atom is -0.493 e. The highest BCUT2D eigenvalue weighted by molar-refractivity contribution is 7.15. The Labute approximate surface area is 204 Å². The lowest BCUT2D eigenvalue weighted by Gasteiger charge is -2.11. The quantitative estimate of drug-likeness (QED) is 0.373. The second-order valence-corrected chi connectivity index (χ2v) is 8.50. The van der Waals surface area contributed by atoms with E-state index in [1.807, 2.05) is 40.4 Å². The molecule has 176 valence electrons. The Bertz CT molecular complexity index is 1540. The number of thiazole rings is 1. The molecule has 10 heteroatoms. The number of anilines is 1. The van der Waals surface area contributed by atoms with Gasteiger partial charge < -0.3 is 14.8 Å². The van der Waals surface area contributed by atoms with Crippen molar-refractivity contribution in [3.8, 4) is 34.0 Å². The molecule has 0 aliphatic rings. The molecule has 3 heterocycles. The van der Waals surface area contributed by atoms with E-state index in [4.69, 9.17) is 9.47 Å². The van der Waals surface area contributed by atoms with Crippen LogP contribution < -0.4 is 20.3 Å². The molecule has 5 aromatic rings. The number of aromatic nitrogens is 4. The summed E-state index contributed by atoms with van der Waals surface area (Å²) in [7, 11) is 3.10. The second-order valence-electron chi connectivity index (χ2n) is 7.63. The number of rotatable bonds is 7. The number of nitrogens with zero attached hydrogens (tertiary/aromatic N) is 4. The molecule has 0 unspecified atom stereocenters. The van der Waals surface area contributed by atoms with Crippen molar-refractivity contribution in [3.63, 3.8) is 0 Å². The van der Waals surface area contributed by atoms with Gasteiger partial charge in [0.1, 0.15) is 6.54 Å². The smallest absolute Gasteiger partial charge is 0.267 e. The third-order valence-corrected chi connectivity index (χ3v) is 6.17. The van der Waals surface area contributed by atoms with E-state index >= 15 is 0 Å². The van der Waals surface area contributed by atoms with Gasteiger partial charge in [-0.25, -0.2) is 9.67 Å². The first-order valence-corrected chi connectivity index (χ1v) is 11.5. The van der Waals surface area contributed by atoms with Crippen LogP contribution in [0.25, 0.3) is 27.5 Å². The number of benzene rings is 2. The average Bonchev–Trinajstić information content (AvgIpc) is 3.48. The van der Waals surface area contributed by atoms with Crippen molar-refractivity contribution in [1.82, 2.24) is 19.2 Å². The van der Waals surface area contributed by atoms with Crippen LogP contribution in [-0.2, 0) is 11.3 Å². The van der Waals surface area contributed by atoms with E-state index in [0.717, 1.165) is 26.5 Å². The minimum atomic E-state index is -0.375. The number of hydrogen-bond acceptors (Lipinski definition) is 7. The summed E-state index contributed by atoms with van der Waals surface area (Å²) in [6.07, 6.45) is 3.92. The Hall–Kier alpha value is -4.44. The zero-order valence-electron chi connectivity index (χ0n) is 19.0. The molecular weight excluding hydrogens is 466 g/mol. The van der Waals surface area contributed by atoms with Crippen LogP contribution in [0, 0.1) is 0 Å². The normalized spacial score (nSPS) is 10.9. The number of ether oxygens (including phenoxy) is 2. The lowest BCUT2D eigenvalue weighted by molar-refractivity contribution is -0.117. The van der Waals surface area contributed by atoms with E-state index in [1.54, 1.807) is 55.9 Å². The minimum absolute atomic E-state index is 0.223. The van der Waals surface area contributed by atoms with E-state index in [2.05, 4.69) is 15.4 Å². The SMILES string of the molecule is COc1ccc(-c2ccc(=O)n(CC(=O)Nc3ccc(-c4cn5ccsc5n4)cc3)n2)cc1OC. The monoisotopic (exact) mass is 487 g/mol. The Balaban J connectivity index is 1.30. The molecule has 0 saturated heterocycles. The summed E-state index contributed by atoms with van der Waals surface area (Å²) >= 11 is 1.57. The Morgan fingerprint density at radius 3 is 2.49 bits per heavy atom. The molecule has 0 spiro atoms. The topological polar surface area (TPSA) is 99.8 Å². The van der Waals surface area contributed by atoms with Crippen molar-refractivity contribution >= 4 is 27.9 Å². The van der Waals surface area contributed by atoms with E-state index in [1.165, 1.54) is 6.07 Å². The fourth-order valence-corrected chi connectivity index (χ4v) is 4.34. The van der Waals surface area contributed by atoms with Gasteiger partial charge in [0.15, 0.2) is 16.5 Å². The van der Waals surface area contributed by atoms with Crippen LogP contribution >= 0.6 is 11.3 Å². The van der Waals surface area contributed by atoms with Gasteiger partial charge in [0, 0.05) is 40.7 Å². The Kier molecular flexibility index (Phi) is 6.02. The zero-order valence-corrected chi connectivity index (χ0v) is 19.8. The van der Waals surface area contributed by atoms with Gasteiger partial charge >= 0.3 is 0 Å². The van der Waals surface area contributed by atoms with Crippen molar-refractivity contribution in [3.05, 3.63) is 82.7 Å². The predicted molar refractivity (Wildman–Crippen MR) is 134 cm³/mol. The summed E-state index contributed by atoms with van der Waals surface area (Å²) in [4.78, 5) is 30.5. The van der Waals surface area contributed by atoms with Gasteiger partial charge in [0.2, 0.25) is 5.91 Å². The van der Waals surface area contributed by atoms with Crippen LogP contribution in [0.4, 0.5) is 5.69 Å². The first kappa shape index (κ1) is 22.4. The van der Waals surface area contributed by atoms with Crippen molar-refractivity contribution < 1.29 is 14.3 Å². The molecule has 0 aliphatic heterocycles. The number of nitrogens with one attached hydrogen (secondary N) is 1. The van der Waals surface area contributed by atoms with Gasteiger partial charge in [0.05, 0.1) is 25.6 Å². The van der Waals surface area contributed by atoms with Crippen molar-refractivity contribution in [2.45, 2.75) is 6.54 Å². The van der Waals surface area contributed by atoms with Gasteiger partial charge in [-0.05, 0) is 36.4 Å². The van der Waals surface area contributed by atoms with Crippen LogP contribution in [-0.4, -0.2) is 39.3 Å². The van der Waals surface area contributed by atoms with E-state index < -0.39 is 0 Å². The van der Waals surface area contributed by atoms with Crippen LogP contribution in [0.3, 0.4) is 0 Å². The molecule has 0 fully saturated rings. The molecule has 5 rings (SSSR count). The number of methoxy groups -OCH3 is 2. The third kappa shape index (κ3) is 4.64. The highest BCUT2D eigenvalue weighted by Gasteiger charge is 2.12. The van der Waals surface area contributed by atoms with E-state index in [0.29, 0.717) is 22.9 Å². The largest absolute Gasteiger partial charge is 0.493 e. The van der Waals surface area contributed by atoms with Gasteiger partial charge in [-0.3, -0.25) is 14.0 Å². The lowest BCUT2D eigenvalue weighted by atomic mass is 10.1. The summed E-state index contributed by atoms with van der Waals surface area (Å²) < 4.78 is 13.7. The maximum atomic E-state index is 12.6. The number of fused-ring (bicyclic) bond motifs is 1. The number of imidazole rings is 1. The molecule has 9 nitrogen and oxygen atoms in total. The first-order valence-electron chi connectivity index (χ1n) is 10.7. The van der Waals surface area contributed by atoms with Crippen LogP contribution in [0.1, 0.15) is 0 Å². The van der Waals surface area contributed by atoms with Crippen LogP contribution in [0.15, 0.2) is 77.2 Å². The van der Waals surface area contributed by atoms with Gasteiger partial charge in [0.25, 0.3) is 5.56 Å². The van der Waals surface area contributed by atoms with Gasteiger partial charge in [-0.2, -0.15) is 5.10 Å². The Morgan fingerprint density at radius 2 is 1.74 bits per heavy atom. The highest BCUT2D eigenvalue weighted by Crippen LogP contribution is 2.31. The summed E-state index contributed by atoms with van der Waals surface area (Å²) in [6, 6.07) is 15.7. The number of carbonyl (C=O) groups is 1. The molecule has 0 radical (unpaired) electrons. The van der Waals surface area contributed by atoms with E-state index in [9.17, 15) is 9.59 Å². The fourth-order valence-electron chi connectivity index (χ4n) is 3.64. The standard InChI is InChI=1S/C25H21N5O4S/c1-33-21-9-5-17(13-22(21)34-2)19-8-10-24(32)30(28-19)15-23(31)26-18-6-3-16(4-7-18)20-14-29-11-12-35-25(29)27-20/h3-14H,15H2,1-2H3,(H,26,31). The first-order chi connectivity index (χ1) is 17.0. The Morgan fingerprint density at radius 1 is 0.971 bits per heavy atom. The fraction of sp³-hybridized carbons (Fsp3) is 0.120. The van der Waals surface area contributed by atoms with Crippen molar-refractivity contribution in [2.75, 3.05) is 19.5 Å². The van der Waals surface area contributed by atoms with E-state index in [-0.39, 0.29) is 18.0 Å². The number of carbonyl (C=O) groups excluding carboxylic acids is 1. The third-order valence-electron chi connectivity index (χ3n) is 5.40. The average molecular weight is 488 g/mol. The molecule has 0 atom stereocenters. The van der Waals surface area contributed by atoms with Gasteiger partial charge in [-0.15, -0.1) is 11.3 Å². The highest BCUT2D eigenvalue weighted by atomic mass is 32.1. The van der Waals surface area contributed by atoms with Crippen molar-refractivity contribution in [2.24, 2.45) is 0 Å². The maximum absolute atomic E-state index is 12.6. The predicted octanol–water partition coefficient (Wildman–Crippen LogP) is 3.94. The molecule has 1 amide bonds. The zero-order chi connectivity index (χ0) is 24.4. The molecule has 0 aliphatic carbocycles. The molecule has 0 bridgehead atoms. The summed E-state index contributed by atoms with van der Waals surface area (Å²) in [6.45, 7) is -0.223. The van der Waals surface area contributed by atoms with Gasteiger partial charge in [-0.1, -0.05) is 12.1 Å². The molecular formula is C25H21N5O4S. The van der Waals surface area contributed by atoms with Crippen LogP contribution in [0.2, 0.25) is 0 Å². The lowest BCUT2D eigenvalue weighted by Crippen LogP contribution is -2.29. The van der Waals surface area contributed by atoms with Crippen molar-refractivity contribution in [1.29, 1.82) is 0 Å². The molecule has 3 aromatic heterocycles. The summed E-state index contributed by atoms with van der Waals surface area (Å²) in [5.41, 5.74) is 3.30. The summed E-state index contributed by atoms with van der Waals surface area (Å²) in [5, 5.41) is 9.15. The molecule has 1 N–H and O–H groups in total. The maximum Gasteiger partial charge on any atom is 0.267 e. The number of hydrogen-bond donors (Lipinski definition) is 1. The molecule has 35 heavy (non-hydrogen) atoms. The second kappa shape index (κ2) is 9.43.